The van der Waals surface area contributed by atoms with Gasteiger partial charge in [0.15, 0.2) is 0 Å². The van der Waals surface area contributed by atoms with E-state index in [1.807, 2.05) is 84.9 Å². The third-order valence-electron chi connectivity index (χ3n) is 2.99. The van der Waals surface area contributed by atoms with E-state index in [0.29, 0.717) is 0 Å². The van der Waals surface area contributed by atoms with Crippen LogP contribution in [-0.2, 0) is 0 Å². The first-order valence-corrected chi connectivity index (χ1v) is 6.80. The lowest BCUT2D eigenvalue weighted by atomic mass is 10.2. The molecule has 0 aliphatic carbocycles. The van der Waals surface area contributed by atoms with Crippen molar-refractivity contribution >= 4 is 22.7 Å². The summed E-state index contributed by atoms with van der Waals surface area (Å²) >= 11 is 0. The first kappa shape index (κ1) is 13.1. The zero-order valence-electron chi connectivity index (χ0n) is 11.5. The molecule has 3 rings (SSSR count). The maximum absolute atomic E-state index is 4.34. The number of hydrogen-bond acceptors (Lipinski definition) is 3. The first-order valence-electron chi connectivity index (χ1n) is 6.80. The Morgan fingerprint density at radius 1 is 0.571 bits per heavy atom. The number of benzene rings is 3. The van der Waals surface area contributed by atoms with Crippen LogP contribution in [0, 0.1) is 0 Å². The molecule has 0 amide bonds. The highest BCUT2D eigenvalue weighted by molar-refractivity contribution is 5.71. The molecule has 0 spiro atoms. The maximum atomic E-state index is 4.34. The second kappa shape index (κ2) is 6.48. The molecule has 0 saturated heterocycles. The summed E-state index contributed by atoms with van der Waals surface area (Å²) in [5, 5.41) is 12.0. The second-order valence-electron chi connectivity index (χ2n) is 4.54. The fourth-order valence-electron chi connectivity index (χ4n) is 1.95. The zero-order valence-corrected chi connectivity index (χ0v) is 11.5. The predicted octanol–water partition coefficient (Wildman–Crippen LogP) is 5.85. The first-order chi connectivity index (χ1) is 10.4. The van der Waals surface area contributed by atoms with Crippen LogP contribution in [0.3, 0.4) is 0 Å². The van der Waals surface area contributed by atoms with Gasteiger partial charge in [-0.1, -0.05) is 48.5 Å². The molecule has 0 heterocycles. The van der Waals surface area contributed by atoms with Gasteiger partial charge in [-0.15, -0.1) is 5.11 Å². The lowest BCUT2D eigenvalue weighted by Gasteiger charge is -2.08. The third kappa shape index (κ3) is 3.54. The molecule has 0 aliphatic rings. The number of anilines is 2. The van der Waals surface area contributed by atoms with Crippen molar-refractivity contribution in [2.75, 3.05) is 5.32 Å². The van der Waals surface area contributed by atoms with E-state index in [0.717, 1.165) is 22.7 Å². The SMILES string of the molecule is c1ccc(N=Nc2ccccc2Nc2ccccc2)cc1. The Bertz CT molecular complexity index is 722. The van der Waals surface area contributed by atoms with Crippen LogP contribution in [0.1, 0.15) is 0 Å². The molecular formula is C18H15N3. The molecule has 0 radical (unpaired) electrons. The molecule has 3 nitrogen and oxygen atoms in total. The van der Waals surface area contributed by atoms with Gasteiger partial charge in [-0.05, 0) is 36.4 Å². The van der Waals surface area contributed by atoms with Crippen molar-refractivity contribution < 1.29 is 0 Å². The summed E-state index contributed by atoms with van der Waals surface area (Å²) < 4.78 is 0. The third-order valence-corrected chi connectivity index (χ3v) is 2.99. The average molecular weight is 273 g/mol. The minimum Gasteiger partial charge on any atom is -0.354 e. The normalized spacial score (nSPS) is 10.7. The van der Waals surface area contributed by atoms with Crippen LogP contribution >= 0.6 is 0 Å². The van der Waals surface area contributed by atoms with Crippen molar-refractivity contribution in [2.45, 2.75) is 0 Å². The van der Waals surface area contributed by atoms with Crippen LogP contribution in [0.2, 0.25) is 0 Å². The second-order valence-corrected chi connectivity index (χ2v) is 4.54. The fraction of sp³-hybridized carbons (Fsp3) is 0. The molecule has 0 aromatic heterocycles. The van der Waals surface area contributed by atoms with E-state index in [-0.39, 0.29) is 0 Å². The van der Waals surface area contributed by atoms with E-state index in [4.69, 9.17) is 0 Å². The molecule has 3 aromatic carbocycles. The van der Waals surface area contributed by atoms with Gasteiger partial charge in [-0.3, -0.25) is 0 Å². The minimum atomic E-state index is 0.810. The highest BCUT2D eigenvalue weighted by atomic mass is 15.1. The molecule has 3 aromatic rings. The van der Waals surface area contributed by atoms with Crippen molar-refractivity contribution in [3.63, 3.8) is 0 Å². The Morgan fingerprint density at radius 3 is 1.95 bits per heavy atom. The number of hydrogen-bond donors (Lipinski definition) is 1. The van der Waals surface area contributed by atoms with Crippen LogP contribution in [-0.4, -0.2) is 0 Å². The van der Waals surface area contributed by atoms with E-state index in [1.165, 1.54) is 0 Å². The van der Waals surface area contributed by atoms with Crippen LogP contribution in [0.15, 0.2) is 95.2 Å². The molecule has 21 heavy (non-hydrogen) atoms. The molecule has 0 aliphatic heterocycles. The van der Waals surface area contributed by atoms with Gasteiger partial charge in [-0.2, -0.15) is 5.11 Å². The van der Waals surface area contributed by atoms with E-state index < -0.39 is 0 Å². The van der Waals surface area contributed by atoms with Gasteiger partial charge in [0.25, 0.3) is 0 Å². The van der Waals surface area contributed by atoms with Gasteiger partial charge in [0.05, 0.1) is 11.4 Å². The maximum Gasteiger partial charge on any atom is 0.109 e. The molecule has 3 heteroatoms. The molecule has 0 unspecified atom stereocenters. The number of rotatable bonds is 4. The Morgan fingerprint density at radius 2 is 1.19 bits per heavy atom. The van der Waals surface area contributed by atoms with Crippen molar-refractivity contribution in [1.29, 1.82) is 0 Å². The molecule has 0 fully saturated rings. The van der Waals surface area contributed by atoms with Gasteiger partial charge < -0.3 is 5.32 Å². The Labute approximate surface area is 124 Å². The largest absolute Gasteiger partial charge is 0.354 e. The molecule has 0 saturated carbocycles. The highest BCUT2D eigenvalue weighted by Crippen LogP contribution is 2.29. The van der Waals surface area contributed by atoms with Crippen molar-refractivity contribution in [3.8, 4) is 0 Å². The smallest absolute Gasteiger partial charge is 0.109 e. The standard InChI is InChI=1S/C18H15N3/c1-3-9-15(10-4-1)19-17-13-7-8-14-18(17)21-20-16-11-5-2-6-12-16/h1-14,19H. The van der Waals surface area contributed by atoms with E-state index in [1.54, 1.807) is 0 Å². The van der Waals surface area contributed by atoms with Crippen LogP contribution < -0.4 is 5.32 Å². The lowest BCUT2D eigenvalue weighted by molar-refractivity contribution is 1.23. The summed E-state index contributed by atoms with van der Waals surface area (Å²) in [5.41, 5.74) is 3.61. The number of nitrogens with one attached hydrogen (secondary N) is 1. The van der Waals surface area contributed by atoms with Crippen LogP contribution in [0.4, 0.5) is 22.7 Å². The molecule has 0 atom stereocenters. The fourth-order valence-corrected chi connectivity index (χ4v) is 1.95. The van der Waals surface area contributed by atoms with Crippen molar-refractivity contribution in [1.82, 2.24) is 0 Å². The summed E-state index contributed by atoms with van der Waals surface area (Å²) in [4.78, 5) is 0. The van der Waals surface area contributed by atoms with Crippen molar-refractivity contribution in [2.24, 2.45) is 10.2 Å². The summed E-state index contributed by atoms with van der Waals surface area (Å²) in [5.74, 6) is 0. The van der Waals surface area contributed by atoms with Gasteiger partial charge in [0.2, 0.25) is 0 Å². The molecular weight excluding hydrogens is 258 g/mol. The molecule has 1 N–H and O–H groups in total. The monoisotopic (exact) mass is 273 g/mol. The predicted molar refractivity (Wildman–Crippen MR) is 86.8 cm³/mol. The summed E-state index contributed by atoms with van der Waals surface area (Å²) in [7, 11) is 0. The highest BCUT2D eigenvalue weighted by Gasteiger charge is 2.00. The van der Waals surface area contributed by atoms with Gasteiger partial charge in [-0.25, -0.2) is 0 Å². The Kier molecular flexibility index (Phi) is 4.03. The summed E-state index contributed by atoms with van der Waals surface area (Å²) in [6, 6.07) is 27.6. The van der Waals surface area contributed by atoms with Crippen LogP contribution in [0.25, 0.3) is 0 Å². The van der Waals surface area contributed by atoms with E-state index >= 15 is 0 Å². The average Bonchev–Trinajstić information content (AvgIpc) is 2.56. The quantitative estimate of drug-likeness (QED) is 0.595. The van der Waals surface area contributed by atoms with Crippen molar-refractivity contribution in [3.05, 3.63) is 84.9 Å². The zero-order chi connectivity index (χ0) is 14.3. The Hall–Kier alpha value is -2.94. The summed E-state index contributed by atoms with van der Waals surface area (Å²) in [6.07, 6.45) is 0. The molecule has 0 bridgehead atoms. The topological polar surface area (TPSA) is 36.8 Å². The van der Waals surface area contributed by atoms with Crippen LogP contribution in [0.5, 0.6) is 0 Å². The van der Waals surface area contributed by atoms with E-state index in [2.05, 4.69) is 15.5 Å². The summed E-state index contributed by atoms with van der Waals surface area (Å²) in [6.45, 7) is 0. The minimum absolute atomic E-state index is 0.810. The van der Waals surface area contributed by atoms with Gasteiger partial charge in [0.1, 0.15) is 5.69 Å². The van der Waals surface area contributed by atoms with Gasteiger partial charge in [0, 0.05) is 5.69 Å². The number of para-hydroxylation sites is 2. The number of nitrogens with zero attached hydrogens (tertiary/aromatic N) is 2. The van der Waals surface area contributed by atoms with Gasteiger partial charge >= 0.3 is 0 Å². The van der Waals surface area contributed by atoms with E-state index in [9.17, 15) is 0 Å². The number of azo groups is 1. The Balaban J connectivity index is 1.84. The molecule has 102 valence electrons. The lowest BCUT2D eigenvalue weighted by Crippen LogP contribution is -1.89.